The molecule has 1 aromatic carbocycles. The maximum atomic E-state index is 13.2. The molecule has 2 bridgehead atoms. The minimum Gasteiger partial charge on any atom is -0.469 e. The van der Waals surface area contributed by atoms with Gasteiger partial charge in [0.25, 0.3) is 0 Å². The van der Waals surface area contributed by atoms with Crippen LogP contribution < -0.4 is 4.90 Å². The maximum absolute atomic E-state index is 13.2. The Morgan fingerprint density at radius 1 is 1.11 bits per heavy atom. The van der Waals surface area contributed by atoms with Crippen LogP contribution in [0, 0.1) is 11.3 Å². The molecule has 1 amide bonds. The van der Waals surface area contributed by atoms with Gasteiger partial charge in [-0.05, 0) is 68.7 Å². The normalized spacial score (nSPS) is 42.7. The van der Waals surface area contributed by atoms with E-state index in [0.29, 0.717) is 6.04 Å². The van der Waals surface area contributed by atoms with Crippen molar-refractivity contribution in [1.29, 1.82) is 0 Å². The van der Waals surface area contributed by atoms with Crippen LogP contribution in [0.1, 0.15) is 51.0 Å². The fraction of sp³-hybridized carbons (Fsp3) is 0.652. The second-order valence-electron chi connectivity index (χ2n) is 9.70. The Bertz CT molecular complexity index is 900. The molecule has 5 heteroatoms. The van der Waals surface area contributed by atoms with E-state index in [9.17, 15) is 9.59 Å². The van der Waals surface area contributed by atoms with Crippen molar-refractivity contribution in [3.8, 4) is 0 Å². The molecule has 2 saturated heterocycles. The molecule has 0 unspecified atom stereocenters. The summed E-state index contributed by atoms with van der Waals surface area (Å²) in [5.41, 5.74) is 1.89. The molecule has 3 saturated carbocycles. The molecule has 5 atom stereocenters. The van der Waals surface area contributed by atoms with Crippen molar-refractivity contribution in [2.45, 2.75) is 62.4 Å². The third-order valence-electron chi connectivity index (χ3n) is 9.11. The lowest BCUT2D eigenvalue weighted by Gasteiger charge is -2.70. The van der Waals surface area contributed by atoms with Gasteiger partial charge < -0.3 is 9.64 Å². The summed E-state index contributed by atoms with van der Waals surface area (Å²) in [4.78, 5) is 31.0. The number of ether oxygens (including phenoxy) is 1. The molecule has 6 aliphatic rings. The number of amides is 1. The largest absolute Gasteiger partial charge is 0.469 e. The van der Waals surface area contributed by atoms with Crippen LogP contribution in [0.25, 0.3) is 0 Å². The highest BCUT2D eigenvalue weighted by Crippen LogP contribution is 2.75. The molecule has 0 radical (unpaired) electrons. The Morgan fingerprint density at radius 3 is 2.71 bits per heavy atom. The number of rotatable bonds is 1. The Morgan fingerprint density at radius 2 is 1.93 bits per heavy atom. The quantitative estimate of drug-likeness (QED) is 0.703. The van der Waals surface area contributed by atoms with E-state index < -0.39 is 5.54 Å². The minimum absolute atomic E-state index is 0.0573. The number of para-hydroxylation sites is 1. The fourth-order valence-corrected chi connectivity index (χ4v) is 8.69. The zero-order chi connectivity index (χ0) is 19.3. The van der Waals surface area contributed by atoms with Crippen LogP contribution >= 0.6 is 0 Å². The first kappa shape index (κ1) is 17.0. The first-order valence-electron chi connectivity index (χ1n) is 10.7. The van der Waals surface area contributed by atoms with Gasteiger partial charge in [-0.1, -0.05) is 18.2 Å². The van der Waals surface area contributed by atoms with E-state index in [-0.39, 0.29) is 28.6 Å². The summed E-state index contributed by atoms with van der Waals surface area (Å²) in [5, 5.41) is 0. The van der Waals surface area contributed by atoms with E-state index in [1.165, 1.54) is 25.5 Å². The third-order valence-corrected chi connectivity index (χ3v) is 9.11. The van der Waals surface area contributed by atoms with Crippen molar-refractivity contribution >= 4 is 17.6 Å². The van der Waals surface area contributed by atoms with E-state index in [2.05, 4.69) is 23.1 Å². The van der Waals surface area contributed by atoms with Crippen LogP contribution in [0.4, 0.5) is 5.69 Å². The summed E-state index contributed by atoms with van der Waals surface area (Å²) in [6.07, 6.45) is 6.33. The molecule has 3 heterocycles. The second kappa shape index (κ2) is 5.18. The highest BCUT2D eigenvalue weighted by molar-refractivity contribution is 5.99. The van der Waals surface area contributed by atoms with Gasteiger partial charge in [-0.3, -0.25) is 14.5 Å². The van der Waals surface area contributed by atoms with Crippen molar-refractivity contribution in [2.75, 3.05) is 25.1 Å². The van der Waals surface area contributed by atoms with Crippen molar-refractivity contribution in [1.82, 2.24) is 4.90 Å². The number of hydrogen-bond acceptors (Lipinski definition) is 4. The van der Waals surface area contributed by atoms with Gasteiger partial charge in [0.1, 0.15) is 0 Å². The van der Waals surface area contributed by atoms with Gasteiger partial charge in [0.05, 0.1) is 18.6 Å². The number of esters is 1. The Labute approximate surface area is 166 Å². The van der Waals surface area contributed by atoms with E-state index in [1.54, 1.807) is 6.92 Å². The van der Waals surface area contributed by atoms with Gasteiger partial charge in [-0.2, -0.15) is 0 Å². The van der Waals surface area contributed by atoms with Crippen molar-refractivity contribution in [3.63, 3.8) is 0 Å². The highest BCUT2D eigenvalue weighted by atomic mass is 16.5. The SMILES string of the molecule is COC(=O)[C@@H]1C[C@@]23CCCN4CC[C@@]5(c6ccccc6N(C(C)=O)[C@@]15CC2)[C@@H]43. The number of carbonyl (C=O) groups excluding carboxylic acids is 2. The van der Waals surface area contributed by atoms with Gasteiger partial charge in [-0.15, -0.1) is 0 Å². The Kier molecular flexibility index (Phi) is 3.15. The lowest BCUT2D eigenvalue weighted by atomic mass is 9.38. The van der Waals surface area contributed by atoms with Crippen molar-refractivity contribution < 1.29 is 14.3 Å². The molecule has 7 rings (SSSR count). The molecule has 3 spiro atoms. The van der Waals surface area contributed by atoms with E-state index in [4.69, 9.17) is 4.74 Å². The molecule has 148 valence electrons. The van der Waals surface area contributed by atoms with Crippen LogP contribution in [-0.4, -0.2) is 48.6 Å². The van der Waals surface area contributed by atoms with Gasteiger partial charge in [-0.25, -0.2) is 0 Å². The predicted octanol–water partition coefficient (Wildman–Crippen LogP) is 2.87. The average Bonchev–Trinajstić information content (AvgIpc) is 3.23. The summed E-state index contributed by atoms with van der Waals surface area (Å²) in [6.45, 7) is 3.89. The predicted molar refractivity (Wildman–Crippen MR) is 105 cm³/mol. The average molecular weight is 380 g/mol. The van der Waals surface area contributed by atoms with Gasteiger partial charge in [0.15, 0.2) is 0 Å². The number of piperidine rings is 1. The van der Waals surface area contributed by atoms with Crippen LogP contribution in [0.2, 0.25) is 0 Å². The standard InChI is InChI=1S/C23H28N2O3/c1-15(26)25-18-7-4-3-6-16(18)22-11-13-24-12-5-8-21(20(22)24)9-10-23(22,25)17(14-21)19(27)28-2/h3-4,6-7,17,20H,5,8-14H2,1-2H3/t17-,20-,21+,22+,23-/m0/s1. The Hall–Kier alpha value is -1.88. The summed E-state index contributed by atoms with van der Waals surface area (Å²) < 4.78 is 5.36. The zero-order valence-corrected chi connectivity index (χ0v) is 16.7. The zero-order valence-electron chi connectivity index (χ0n) is 16.7. The molecule has 5 fully saturated rings. The topological polar surface area (TPSA) is 49.9 Å². The molecule has 0 aromatic heterocycles. The van der Waals surface area contributed by atoms with Gasteiger partial charge in [0, 0.05) is 24.1 Å². The monoisotopic (exact) mass is 380 g/mol. The second-order valence-corrected chi connectivity index (χ2v) is 9.70. The number of methoxy groups -OCH3 is 1. The first-order valence-corrected chi connectivity index (χ1v) is 10.7. The molecule has 0 N–H and O–H groups in total. The number of benzene rings is 1. The van der Waals surface area contributed by atoms with Crippen LogP contribution in [0.3, 0.4) is 0 Å². The van der Waals surface area contributed by atoms with Crippen LogP contribution in [-0.2, 0) is 19.7 Å². The maximum Gasteiger partial charge on any atom is 0.311 e. The molecular weight excluding hydrogens is 352 g/mol. The lowest BCUT2D eigenvalue weighted by molar-refractivity contribution is -0.175. The molecular formula is C23H28N2O3. The minimum atomic E-state index is -0.478. The molecule has 1 aromatic rings. The summed E-state index contributed by atoms with van der Waals surface area (Å²) in [6, 6.07) is 8.91. The van der Waals surface area contributed by atoms with E-state index in [0.717, 1.165) is 44.5 Å². The Balaban J connectivity index is 1.70. The van der Waals surface area contributed by atoms with E-state index in [1.807, 2.05) is 11.0 Å². The molecule has 3 aliphatic carbocycles. The van der Waals surface area contributed by atoms with E-state index >= 15 is 0 Å². The number of nitrogens with zero attached hydrogens (tertiary/aromatic N) is 2. The van der Waals surface area contributed by atoms with Crippen molar-refractivity contribution in [3.05, 3.63) is 29.8 Å². The summed E-state index contributed by atoms with van der Waals surface area (Å²) in [7, 11) is 1.51. The number of anilines is 1. The van der Waals surface area contributed by atoms with Gasteiger partial charge in [0.2, 0.25) is 5.91 Å². The molecule has 5 nitrogen and oxygen atoms in total. The number of hydrogen-bond donors (Lipinski definition) is 0. The molecule has 28 heavy (non-hydrogen) atoms. The van der Waals surface area contributed by atoms with Gasteiger partial charge >= 0.3 is 5.97 Å². The van der Waals surface area contributed by atoms with Crippen molar-refractivity contribution in [2.24, 2.45) is 11.3 Å². The van der Waals surface area contributed by atoms with Crippen LogP contribution in [0.15, 0.2) is 24.3 Å². The number of fused-ring (bicyclic) bond motifs is 3. The number of carbonyl (C=O) groups is 2. The smallest absolute Gasteiger partial charge is 0.311 e. The summed E-state index contributed by atoms with van der Waals surface area (Å²) >= 11 is 0. The molecule has 3 aliphatic heterocycles. The third kappa shape index (κ3) is 1.55. The first-order chi connectivity index (χ1) is 13.5. The van der Waals surface area contributed by atoms with Crippen LogP contribution in [0.5, 0.6) is 0 Å². The lowest BCUT2D eigenvalue weighted by Crippen LogP contribution is -2.79. The fourth-order valence-electron chi connectivity index (χ4n) is 8.69. The summed E-state index contributed by atoms with van der Waals surface area (Å²) in [5.74, 6) is -0.307. The highest BCUT2D eigenvalue weighted by Gasteiger charge is 2.81.